The van der Waals surface area contributed by atoms with Crippen LogP contribution in [0.5, 0.6) is 0 Å². The third-order valence-corrected chi connectivity index (χ3v) is 4.35. The second kappa shape index (κ2) is 7.64. The van der Waals surface area contributed by atoms with E-state index in [0.717, 1.165) is 5.56 Å². The number of hydrogen-bond donors (Lipinski definition) is 2. The maximum atomic E-state index is 13.0. The van der Waals surface area contributed by atoms with Gasteiger partial charge in [0.2, 0.25) is 0 Å². The Morgan fingerprint density at radius 1 is 1.14 bits per heavy atom. The van der Waals surface area contributed by atoms with Gasteiger partial charge in [-0.1, -0.05) is 38.1 Å². The Hall–Kier alpha value is -3.48. The molecule has 0 radical (unpaired) electrons. The molecule has 2 aromatic carbocycles. The lowest BCUT2D eigenvalue weighted by atomic mass is 10.1. The predicted molar refractivity (Wildman–Crippen MR) is 107 cm³/mol. The molecule has 0 fully saturated rings. The Kier molecular flexibility index (Phi) is 5.26. The number of carboxylic acid groups (broad SMARTS) is 1. The minimum atomic E-state index is -1.08. The first-order valence-electron chi connectivity index (χ1n) is 8.93. The van der Waals surface area contributed by atoms with Crippen LogP contribution in [-0.4, -0.2) is 26.8 Å². The van der Waals surface area contributed by atoms with Crippen molar-refractivity contribution in [3.05, 3.63) is 69.6 Å². The number of amides is 1. The molecular weight excluding hydrogens is 358 g/mol. The van der Waals surface area contributed by atoms with Crippen LogP contribution in [0.3, 0.4) is 0 Å². The molecule has 144 valence electrons. The monoisotopic (exact) mass is 379 g/mol. The maximum Gasteiger partial charge on any atom is 0.335 e. The molecule has 0 bridgehead atoms. The van der Waals surface area contributed by atoms with Gasteiger partial charge in [0.05, 0.1) is 10.9 Å². The fraction of sp³-hybridized carbons (Fsp3) is 0.238. The van der Waals surface area contributed by atoms with E-state index >= 15 is 0 Å². The molecule has 7 nitrogen and oxygen atoms in total. The van der Waals surface area contributed by atoms with Crippen molar-refractivity contribution in [3.8, 4) is 0 Å². The number of nitrogens with zero attached hydrogens (tertiary/aromatic N) is 2. The van der Waals surface area contributed by atoms with Crippen molar-refractivity contribution >= 4 is 28.3 Å². The van der Waals surface area contributed by atoms with E-state index in [1.165, 1.54) is 16.8 Å². The fourth-order valence-electron chi connectivity index (χ4n) is 2.94. The molecular formula is C21H21N3O4. The van der Waals surface area contributed by atoms with E-state index in [0.29, 0.717) is 23.0 Å². The van der Waals surface area contributed by atoms with Crippen LogP contribution < -0.4 is 10.9 Å². The smallest absolute Gasteiger partial charge is 0.335 e. The first-order chi connectivity index (χ1) is 13.3. The number of rotatable bonds is 5. The van der Waals surface area contributed by atoms with Crippen LogP contribution in [-0.2, 0) is 6.54 Å². The van der Waals surface area contributed by atoms with Crippen molar-refractivity contribution in [1.29, 1.82) is 0 Å². The standard InChI is InChI=1S/C21H21N3O4/c1-12(2)11-24-20(26)16-7-5-4-6-15(16)18(23-24)19(25)22-17-10-14(21(27)28)9-8-13(17)3/h4-10,12H,11H2,1-3H3,(H,22,25)(H,27,28). The summed E-state index contributed by atoms with van der Waals surface area (Å²) in [6.45, 7) is 6.08. The SMILES string of the molecule is Cc1ccc(C(=O)O)cc1NC(=O)c1nn(CC(C)C)c(=O)c2ccccc12. The summed E-state index contributed by atoms with van der Waals surface area (Å²) in [4.78, 5) is 36.9. The molecule has 0 saturated heterocycles. The minimum Gasteiger partial charge on any atom is -0.478 e. The molecule has 0 atom stereocenters. The average molecular weight is 379 g/mol. The Bertz CT molecular complexity index is 1130. The van der Waals surface area contributed by atoms with Gasteiger partial charge in [-0.2, -0.15) is 5.10 Å². The molecule has 0 saturated carbocycles. The molecule has 7 heteroatoms. The highest BCUT2D eigenvalue weighted by Gasteiger charge is 2.18. The molecule has 0 spiro atoms. The molecule has 28 heavy (non-hydrogen) atoms. The Labute approximate surface area is 161 Å². The molecule has 3 aromatic rings. The van der Waals surface area contributed by atoms with E-state index in [2.05, 4.69) is 10.4 Å². The van der Waals surface area contributed by atoms with Crippen LogP contribution in [0, 0.1) is 12.8 Å². The van der Waals surface area contributed by atoms with Gasteiger partial charge in [-0.05, 0) is 36.6 Å². The number of carboxylic acids is 1. The Morgan fingerprint density at radius 3 is 2.46 bits per heavy atom. The fourth-order valence-corrected chi connectivity index (χ4v) is 2.94. The summed E-state index contributed by atoms with van der Waals surface area (Å²) in [6, 6.07) is 11.3. The van der Waals surface area contributed by atoms with Gasteiger partial charge in [-0.3, -0.25) is 9.59 Å². The van der Waals surface area contributed by atoms with Crippen molar-refractivity contribution in [2.45, 2.75) is 27.3 Å². The molecule has 2 N–H and O–H groups in total. The predicted octanol–water partition coefficient (Wildman–Crippen LogP) is 3.31. The number of fused-ring (bicyclic) bond motifs is 1. The van der Waals surface area contributed by atoms with Gasteiger partial charge < -0.3 is 10.4 Å². The van der Waals surface area contributed by atoms with Crippen molar-refractivity contribution in [3.63, 3.8) is 0 Å². The van der Waals surface area contributed by atoms with E-state index in [1.807, 2.05) is 13.8 Å². The number of aromatic nitrogens is 2. The summed E-state index contributed by atoms with van der Waals surface area (Å²) in [5.41, 5.74) is 1.06. The topological polar surface area (TPSA) is 101 Å². The van der Waals surface area contributed by atoms with E-state index < -0.39 is 11.9 Å². The van der Waals surface area contributed by atoms with Crippen molar-refractivity contribution in [2.75, 3.05) is 5.32 Å². The third kappa shape index (κ3) is 3.78. The lowest BCUT2D eigenvalue weighted by molar-refractivity contribution is 0.0696. The molecule has 0 aliphatic rings. The number of nitrogens with one attached hydrogen (secondary N) is 1. The van der Waals surface area contributed by atoms with Gasteiger partial charge in [0.15, 0.2) is 5.69 Å². The van der Waals surface area contributed by atoms with E-state index in [-0.39, 0.29) is 22.7 Å². The zero-order valence-electron chi connectivity index (χ0n) is 15.9. The molecule has 1 heterocycles. The lowest BCUT2D eigenvalue weighted by Crippen LogP contribution is -2.29. The molecule has 1 aromatic heterocycles. The maximum absolute atomic E-state index is 13.0. The molecule has 0 aliphatic carbocycles. The summed E-state index contributed by atoms with van der Waals surface area (Å²) < 4.78 is 1.31. The van der Waals surface area contributed by atoms with Crippen LogP contribution in [0.1, 0.15) is 40.3 Å². The number of hydrogen-bond acceptors (Lipinski definition) is 4. The number of benzene rings is 2. The van der Waals surface area contributed by atoms with Gasteiger partial charge in [0.25, 0.3) is 11.5 Å². The van der Waals surface area contributed by atoms with Gasteiger partial charge >= 0.3 is 5.97 Å². The molecule has 0 unspecified atom stereocenters. The van der Waals surface area contributed by atoms with Crippen molar-refractivity contribution in [2.24, 2.45) is 5.92 Å². The summed E-state index contributed by atoms with van der Waals surface area (Å²) in [5.74, 6) is -1.40. The average Bonchev–Trinajstić information content (AvgIpc) is 2.65. The second-order valence-electron chi connectivity index (χ2n) is 7.06. The largest absolute Gasteiger partial charge is 0.478 e. The summed E-state index contributed by atoms with van der Waals surface area (Å²) in [7, 11) is 0. The first-order valence-corrected chi connectivity index (χ1v) is 8.93. The van der Waals surface area contributed by atoms with Crippen LogP contribution in [0.25, 0.3) is 10.8 Å². The van der Waals surface area contributed by atoms with Crippen LogP contribution in [0.2, 0.25) is 0 Å². The first kappa shape index (κ1) is 19.3. The van der Waals surface area contributed by atoms with Crippen LogP contribution >= 0.6 is 0 Å². The Morgan fingerprint density at radius 2 is 1.82 bits per heavy atom. The summed E-state index contributed by atoms with van der Waals surface area (Å²) in [5, 5.41) is 17.1. The van der Waals surface area contributed by atoms with E-state index in [4.69, 9.17) is 0 Å². The number of aromatic carboxylic acids is 1. The van der Waals surface area contributed by atoms with E-state index in [1.54, 1.807) is 37.3 Å². The number of aryl methyl sites for hydroxylation is 1. The van der Waals surface area contributed by atoms with Crippen LogP contribution in [0.15, 0.2) is 47.3 Å². The normalized spacial score (nSPS) is 11.0. The minimum absolute atomic E-state index is 0.0727. The quantitative estimate of drug-likeness (QED) is 0.708. The lowest BCUT2D eigenvalue weighted by Gasteiger charge is -2.14. The van der Waals surface area contributed by atoms with Crippen molar-refractivity contribution in [1.82, 2.24) is 9.78 Å². The highest BCUT2D eigenvalue weighted by Crippen LogP contribution is 2.20. The zero-order chi connectivity index (χ0) is 20.4. The summed E-state index contributed by atoms with van der Waals surface area (Å²) in [6.07, 6.45) is 0. The van der Waals surface area contributed by atoms with Gasteiger partial charge in [-0.25, -0.2) is 9.48 Å². The zero-order valence-corrected chi connectivity index (χ0v) is 15.9. The Balaban J connectivity index is 2.09. The number of carbonyl (C=O) groups is 2. The van der Waals surface area contributed by atoms with Gasteiger partial charge in [0.1, 0.15) is 0 Å². The van der Waals surface area contributed by atoms with Gasteiger partial charge in [-0.15, -0.1) is 0 Å². The summed E-state index contributed by atoms with van der Waals surface area (Å²) >= 11 is 0. The molecule has 1 amide bonds. The number of anilines is 1. The highest BCUT2D eigenvalue weighted by molar-refractivity contribution is 6.11. The second-order valence-corrected chi connectivity index (χ2v) is 7.06. The third-order valence-electron chi connectivity index (χ3n) is 4.35. The molecule has 0 aliphatic heterocycles. The number of carbonyl (C=O) groups excluding carboxylic acids is 1. The van der Waals surface area contributed by atoms with Crippen molar-refractivity contribution < 1.29 is 14.7 Å². The molecule has 3 rings (SSSR count). The van der Waals surface area contributed by atoms with E-state index in [9.17, 15) is 19.5 Å². The van der Waals surface area contributed by atoms with Gasteiger partial charge in [0, 0.05) is 17.6 Å². The van der Waals surface area contributed by atoms with Crippen LogP contribution in [0.4, 0.5) is 5.69 Å². The highest BCUT2D eigenvalue weighted by atomic mass is 16.4.